The zero-order valence-electron chi connectivity index (χ0n) is 41.9. The standard InChI is InChI=1S/C57H66N8O6/c1-29(2)48(62-56(68)70-6)54(66)64-40-18-14-38(24-40)50(64)52-58-44-20-16-36(27-46(44)60-52)42-23-32-8-10-33-12-13-34(31(5)22-35(42)11-9-32)26-43(33)37-17-21-45-47(28-37)61-53(59-45)51-39-15-19-41(25-39)65(51)55(67)49(30(3)4)63-57(69)71-7/h9,11-13,16-17,20-21,23,26-31,38-41,48-51H,8,10,14-15,18-19,22,24-25H2,1-7H3,(H,58,60)(H,59,61)(H,62,68)(H,63,69)/t31-,38?,39?,40?,41?,48+,49+,50+,51+/m1/s1. The number of ether oxygens (including phenoxy) is 2. The summed E-state index contributed by atoms with van der Waals surface area (Å²) < 4.78 is 9.78. The highest BCUT2D eigenvalue weighted by atomic mass is 16.5. The van der Waals surface area contributed by atoms with Crippen LogP contribution >= 0.6 is 0 Å². The molecule has 0 spiro atoms. The molecule has 14 nitrogen and oxygen atoms in total. The van der Waals surface area contributed by atoms with E-state index in [1.54, 1.807) is 0 Å². The smallest absolute Gasteiger partial charge is 0.407 e. The van der Waals surface area contributed by atoms with Crippen LogP contribution in [-0.2, 0) is 38.3 Å². The fraction of sp³-hybridized carbons (Fsp3) is 0.474. The molecule has 9 atom stereocenters. The van der Waals surface area contributed by atoms with Gasteiger partial charge in [-0.15, -0.1) is 0 Å². The van der Waals surface area contributed by atoms with E-state index in [9.17, 15) is 19.2 Å². The van der Waals surface area contributed by atoms with Gasteiger partial charge in [0.1, 0.15) is 23.7 Å². The fourth-order valence-corrected chi connectivity index (χ4v) is 13.0. The van der Waals surface area contributed by atoms with Gasteiger partial charge < -0.3 is 39.9 Å². The van der Waals surface area contributed by atoms with Gasteiger partial charge in [-0.1, -0.05) is 83.1 Å². The van der Waals surface area contributed by atoms with Gasteiger partial charge in [0.25, 0.3) is 0 Å². The molecule has 2 aliphatic heterocycles. The third-order valence-corrected chi connectivity index (χ3v) is 16.7. The van der Waals surface area contributed by atoms with Crippen LogP contribution in [0.2, 0.25) is 0 Å². The van der Waals surface area contributed by atoms with Gasteiger partial charge in [0, 0.05) is 12.1 Å². The molecule has 4 amide bonds. The largest absolute Gasteiger partial charge is 0.453 e. The number of carbonyl (C=O) groups is 4. The lowest BCUT2D eigenvalue weighted by atomic mass is 9.84. The second-order valence-electron chi connectivity index (χ2n) is 21.8. The first-order chi connectivity index (χ1) is 34.3. The van der Waals surface area contributed by atoms with E-state index in [1.165, 1.54) is 47.6 Å². The summed E-state index contributed by atoms with van der Waals surface area (Å²) in [6, 6.07) is 25.5. The van der Waals surface area contributed by atoms with Gasteiger partial charge in [-0.2, -0.15) is 0 Å². The predicted molar refractivity (Wildman–Crippen MR) is 272 cm³/mol. The number of rotatable bonds is 10. The Kier molecular flexibility index (Phi) is 12.1. The van der Waals surface area contributed by atoms with Crippen molar-refractivity contribution in [2.24, 2.45) is 23.7 Å². The third kappa shape index (κ3) is 8.40. The number of hydrogen-bond acceptors (Lipinski definition) is 8. The Hall–Kier alpha value is -6.70. The Morgan fingerprint density at radius 2 is 1.13 bits per heavy atom. The molecule has 4 N–H and O–H groups in total. The van der Waals surface area contributed by atoms with Gasteiger partial charge in [-0.05, 0) is 156 Å². The highest BCUT2D eigenvalue weighted by Gasteiger charge is 2.53. The summed E-state index contributed by atoms with van der Waals surface area (Å²) in [5, 5.41) is 5.61. The average molecular weight is 959 g/mol. The number of H-pyrrole nitrogens is 2. The Balaban J connectivity index is 0.857. The molecule has 4 heterocycles. The summed E-state index contributed by atoms with van der Waals surface area (Å²) in [5.41, 5.74) is 13.4. The summed E-state index contributed by atoms with van der Waals surface area (Å²) in [6.45, 7) is 10.1. The lowest BCUT2D eigenvalue weighted by Gasteiger charge is -2.37. The van der Waals surface area contributed by atoms with E-state index in [-0.39, 0.29) is 53.7 Å². The molecule has 6 aromatic rings. The molecule has 4 unspecified atom stereocenters. The molecule has 4 aromatic carbocycles. The van der Waals surface area contributed by atoms with Gasteiger partial charge in [-0.3, -0.25) is 9.59 Å². The molecule has 2 aromatic heterocycles. The number of likely N-dealkylation sites (tertiary alicyclic amines) is 2. The molecule has 2 saturated heterocycles. The van der Waals surface area contributed by atoms with Crippen LogP contribution in [0.15, 0.2) is 72.8 Å². The van der Waals surface area contributed by atoms with Gasteiger partial charge >= 0.3 is 12.2 Å². The fourth-order valence-electron chi connectivity index (χ4n) is 13.0. The molecule has 14 rings (SSSR count). The maximum atomic E-state index is 14.2. The van der Waals surface area contributed by atoms with E-state index < -0.39 is 24.3 Å². The number of fused-ring (bicyclic) bond motifs is 6. The van der Waals surface area contributed by atoms with Crippen LogP contribution in [0.1, 0.15) is 125 Å². The number of piperidine rings is 2. The highest BCUT2D eigenvalue weighted by Crippen LogP contribution is 2.52. The van der Waals surface area contributed by atoms with E-state index in [0.717, 1.165) is 103 Å². The maximum Gasteiger partial charge on any atom is 0.407 e. The average Bonchev–Trinajstić information content (AvgIpc) is 4.25. The minimum absolute atomic E-state index is 0.0798. The van der Waals surface area contributed by atoms with E-state index in [1.807, 2.05) is 37.5 Å². The summed E-state index contributed by atoms with van der Waals surface area (Å²) in [5.74, 6) is 2.07. The van der Waals surface area contributed by atoms with Crippen molar-refractivity contribution in [2.45, 2.75) is 135 Å². The Labute approximate surface area is 415 Å². The molecule has 2 saturated carbocycles. The van der Waals surface area contributed by atoms with Crippen LogP contribution in [0.5, 0.6) is 0 Å². The molecule has 370 valence electrons. The number of benzene rings is 4. The number of nitrogens with one attached hydrogen (secondary N) is 4. The van der Waals surface area contributed by atoms with Crippen molar-refractivity contribution < 1.29 is 28.7 Å². The molecular weight excluding hydrogens is 893 g/mol. The number of methoxy groups -OCH3 is 2. The number of aryl methyl sites for hydroxylation is 2. The minimum atomic E-state index is -0.688. The van der Waals surface area contributed by atoms with Crippen LogP contribution in [-0.4, -0.2) is 92.1 Å². The van der Waals surface area contributed by atoms with Crippen molar-refractivity contribution in [3.8, 4) is 22.3 Å². The van der Waals surface area contributed by atoms with Crippen molar-refractivity contribution in [1.29, 1.82) is 0 Å². The number of aromatic amines is 2. The highest BCUT2D eigenvalue weighted by molar-refractivity contribution is 5.89. The Morgan fingerprint density at radius 1 is 0.620 bits per heavy atom. The van der Waals surface area contributed by atoms with Crippen molar-refractivity contribution in [3.63, 3.8) is 0 Å². The van der Waals surface area contributed by atoms with Crippen molar-refractivity contribution in [3.05, 3.63) is 107 Å². The molecule has 8 aliphatic rings. The molecule has 4 fully saturated rings. The lowest BCUT2D eigenvalue weighted by Crippen LogP contribution is -2.54. The predicted octanol–water partition coefficient (Wildman–Crippen LogP) is 10.1. The summed E-state index contributed by atoms with van der Waals surface area (Å²) >= 11 is 0. The molecule has 14 heteroatoms. The maximum absolute atomic E-state index is 14.2. The number of aromatic nitrogens is 4. The number of amides is 4. The minimum Gasteiger partial charge on any atom is -0.453 e. The second-order valence-corrected chi connectivity index (χ2v) is 21.8. The molecule has 6 aliphatic carbocycles. The van der Waals surface area contributed by atoms with Crippen molar-refractivity contribution in [2.75, 3.05) is 14.2 Å². The molecule has 71 heavy (non-hydrogen) atoms. The van der Waals surface area contributed by atoms with Gasteiger partial charge in [-0.25, -0.2) is 19.6 Å². The quantitative estimate of drug-likeness (QED) is 0.105. The third-order valence-electron chi connectivity index (χ3n) is 16.7. The van der Waals surface area contributed by atoms with Crippen molar-refractivity contribution in [1.82, 2.24) is 40.4 Å². The van der Waals surface area contributed by atoms with Crippen molar-refractivity contribution >= 4 is 46.1 Å². The van der Waals surface area contributed by atoms with Crippen LogP contribution < -0.4 is 10.6 Å². The molecule has 0 radical (unpaired) electrons. The normalized spacial score (nSPS) is 24.2. The van der Waals surface area contributed by atoms with Gasteiger partial charge in [0.2, 0.25) is 11.8 Å². The van der Waals surface area contributed by atoms with E-state index in [0.29, 0.717) is 11.8 Å². The molecular formula is C57H66N8O6. The number of alkyl carbamates (subject to hydrolysis) is 2. The Bertz CT molecular complexity index is 3070. The lowest BCUT2D eigenvalue weighted by molar-refractivity contribution is -0.140. The van der Waals surface area contributed by atoms with Gasteiger partial charge in [0.05, 0.1) is 48.4 Å². The summed E-state index contributed by atoms with van der Waals surface area (Å²) in [7, 11) is 2.65. The second kappa shape index (κ2) is 18.5. The zero-order valence-corrected chi connectivity index (χ0v) is 41.9. The number of carbonyl (C=O) groups excluding carboxylic acids is 4. The Morgan fingerprint density at radius 3 is 1.63 bits per heavy atom. The monoisotopic (exact) mass is 959 g/mol. The summed E-state index contributed by atoms with van der Waals surface area (Å²) in [4.78, 5) is 74.8. The number of imidazole rings is 2. The van der Waals surface area contributed by atoms with E-state index in [2.05, 4.69) is 100 Å². The summed E-state index contributed by atoms with van der Waals surface area (Å²) in [6.07, 6.45) is 7.24. The van der Waals surface area contributed by atoms with Crippen LogP contribution in [0, 0.1) is 23.7 Å². The van der Waals surface area contributed by atoms with E-state index in [4.69, 9.17) is 19.4 Å². The number of nitrogens with zero attached hydrogens (tertiary/aromatic N) is 4. The van der Waals surface area contributed by atoms with Gasteiger partial charge in [0.15, 0.2) is 0 Å². The zero-order chi connectivity index (χ0) is 49.4. The number of hydrogen-bond donors (Lipinski definition) is 4. The van der Waals surface area contributed by atoms with Crippen LogP contribution in [0.4, 0.5) is 9.59 Å². The first-order valence-electron chi connectivity index (χ1n) is 25.8. The topological polar surface area (TPSA) is 175 Å². The van der Waals surface area contributed by atoms with E-state index >= 15 is 0 Å². The van der Waals surface area contributed by atoms with Crippen LogP contribution in [0.3, 0.4) is 0 Å². The first kappa shape index (κ1) is 46.7. The SMILES string of the molecule is COC(=O)N[C@H](C(=O)N1C2CCC(C2)[C@H]1c1nc2cc(-c3cc4ccc3CCc3ccc(c(-c5ccc6[nH]c([C@@H]7C8CCC(C8)N7C(=O)[C@@H](NC(=O)OC)C(C)C)nc6c5)c3)C[C@H]4C)ccc2[nH]1)C(C)C. The molecule has 8 bridgehead atoms. The van der Waals surface area contributed by atoms with Crippen LogP contribution in [0.25, 0.3) is 44.3 Å². The first-order valence-corrected chi connectivity index (χ1v) is 25.8.